The van der Waals surface area contributed by atoms with E-state index in [0.717, 1.165) is 18.2 Å². The minimum atomic E-state index is -1.51. The van der Waals surface area contributed by atoms with E-state index in [1.807, 2.05) is 0 Å². The number of carboxylic acid groups (broad SMARTS) is 2. The Hall–Kier alpha value is -1.96. The number of aromatic carboxylic acids is 2. The monoisotopic (exact) mass is 270 g/mol. The molecule has 0 saturated carbocycles. The fourth-order valence-corrected chi connectivity index (χ4v) is 1.63. The van der Waals surface area contributed by atoms with Crippen LogP contribution in [0.25, 0.3) is 0 Å². The molecule has 0 heterocycles. The molecule has 0 fully saturated rings. The Bertz CT molecular complexity index is 483. The maximum absolute atomic E-state index is 11.0. The first kappa shape index (κ1) is 15.1. The minimum absolute atomic E-state index is 0.0987. The van der Waals surface area contributed by atoms with E-state index >= 15 is 0 Å². The van der Waals surface area contributed by atoms with E-state index in [0.29, 0.717) is 0 Å². The Labute approximate surface area is 108 Å². The summed E-state index contributed by atoms with van der Waals surface area (Å²) in [6, 6.07) is 3.19. The van der Waals surface area contributed by atoms with Crippen LogP contribution < -0.4 is 0 Å². The Kier molecular flexibility index (Phi) is 4.99. The van der Waals surface area contributed by atoms with Crippen molar-refractivity contribution in [2.24, 2.45) is 0 Å². The van der Waals surface area contributed by atoms with Crippen molar-refractivity contribution < 1.29 is 35.1 Å². The normalized spacial score (nSPS) is 13.8. The highest BCUT2D eigenvalue weighted by Crippen LogP contribution is 2.24. The molecule has 2 atom stereocenters. The summed E-state index contributed by atoms with van der Waals surface area (Å²) in [5, 5.41) is 45.8. The number of carboxylic acids is 2. The number of benzene rings is 1. The van der Waals surface area contributed by atoms with Crippen LogP contribution in [0.5, 0.6) is 0 Å². The van der Waals surface area contributed by atoms with Crippen LogP contribution in [0.4, 0.5) is 0 Å². The van der Waals surface area contributed by atoms with Crippen molar-refractivity contribution in [1.29, 1.82) is 0 Å². The predicted molar refractivity (Wildman–Crippen MR) is 63.0 cm³/mol. The van der Waals surface area contributed by atoms with Crippen LogP contribution in [0.15, 0.2) is 18.2 Å². The molecule has 0 spiro atoms. The molecule has 0 bridgehead atoms. The smallest absolute Gasteiger partial charge is 0.336 e. The van der Waals surface area contributed by atoms with Crippen molar-refractivity contribution >= 4 is 11.9 Å². The lowest BCUT2D eigenvalue weighted by Gasteiger charge is -2.19. The van der Waals surface area contributed by atoms with Crippen LogP contribution in [-0.4, -0.2) is 50.2 Å². The van der Waals surface area contributed by atoms with Crippen molar-refractivity contribution in [3.05, 3.63) is 34.9 Å². The second-order valence-corrected chi connectivity index (χ2v) is 3.94. The molecule has 0 radical (unpaired) electrons. The Morgan fingerprint density at radius 2 is 1.74 bits per heavy atom. The molecule has 1 aromatic carbocycles. The lowest BCUT2D eigenvalue weighted by molar-refractivity contribution is 0.00350. The van der Waals surface area contributed by atoms with Crippen LogP contribution in [0.1, 0.15) is 38.8 Å². The van der Waals surface area contributed by atoms with E-state index in [2.05, 4.69) is 0 Å². The summed E-state index contributed by atoms with van der Waals surface area (Å²) in [6.45, 7) is -0.367. The van der Waals surface area contributed by atoms with Crippen LogP contribution >= 0.6 is 0 Å². The van der Waals surface area contributed by atoms with Crippen LogP contribution in [-0.2, 0) is 0 Å². The zero-order valence-electron chi connectivity index (χ0n) is 9.85. The van der Waals surface area contributed by atoms with Gasteiger partial charge in [-0.1, -0.05) is 6.07 Å². The topological polar surface area (TPSA) is 135 Å². The number of aliphatic hydroxyl groups excluding tert-OH is 3. The van der Waals surface area contributed by atoms with Gasteiger partial charge in [0.15, 0.2) is 0 Å². The molecule has 0 saturated heterocycles. The summed E-state index contributed by atoms with van der Waals surface area (Å²) >= 11 is 0. The maximum atomic E-state index is 11.0. The van der Waals surface area contributed by atoms with Crippen LogP contribution in [0.2, 0.25) is 0 Å². The molecular formula is C12H14O7. The number of hydrogen-bond acceptors (Lipinski definition) is 5. The fourth-order valence-electron chi connectivity index (χ4n) is 1.63. The predicted octanol–water partition coefficient (Wildman–Crippen LogP) is -0.140. The first-order valence-electron chi connectivity index (χ1n) is 5.46. The molecule has 5 N–H and O–H groups in total. The molecule has 0 aromatic heterocycles. The summed E-state index contributed by atoms with van der Waals surface area (Å²) in [4.78, 5) is 21.8. The van der Waals surface area contributed by atoms with E-state index in [1.165, 1.54) is 0 Å². The van der Waals surface area contributed by atoms with Gasteiger partial charge in [0.1, 0.15) is 6.10 Å². The molecule has 0 amide bonds. The highest BCUT2D eigenvalue weighted by atomic mass is 16.4. The molecule has 1 rings (SSSR count). The average molecular weight is 270 g/mol. The van der Waals surface area contributed by atoms with E-state index in [-0.39, 0.29) is 24.2 Å². The summed E-state index contributed by atoms with van der Waals surface area (Å²) in [6.07, 6.45) is -2.97. The van der Waals surface area contributed by atoms with Gasteiger partial charge in [-0.3, -0.25) is 0 Å². The number of carbonyl (C=O) groups is 2. The number of hydrogen-bond donors (Lipinski definition) is 5. The van der Waals surface area contributed by atoms with E-state index in [1.54, 1.807) is 0 Å². The SMILES string of the molecule is O=C(O)c1ccc(C(O)C(O)CCO)c(C(=O)O)c1. The number of aliphatic hydroxyl groups is 3. The van der Waals surface area contributed by atoms with Crippen LogP contribution in [0, 0.1) is 0 Å². The van der Waals surface area contributed by atoms with Gasteiger partial charge in [0.2, 0.25) is 0 Å². The molecule has 0 aliphatic carbocycles. The van der Waals surface area contributed by atoms with Gasteiger partial charge < -0.3 is 25.5 Å². The zero-order valence-corrected chi connectivity index (χ0v) is 9.85. The molecule has 0 aliphatic heterocycles. The first-order chi connectivity index (χ1) is 8.88. The lowest BCUT2D eigenvalue weighted by Crippen LogP contribution is -2.22. The summed E-state index contributed by atoms with van der Waals surface area (Å²) in [5.41, 5.74) is -0.729. The standard InChI is InChI=1S/C12H14O7/c13-4-3-9(14)10(15)7-2-1-6(11(16)17)5-8(7)12(18)19/h1-2,5,9-10,13-15H,3-4H2,(H,16,17)(H,18,19). The molecule has 19 heavy (non-hydrogen) atoms. The summed E-state index contributed by atoms with van der Waals surface area (Å²) in [7, 11) is 0. The van der Waals surface area contributed by atoms with E-state index < -0.39 is 29.7 Å². The van der Waals surface area contributed by atoms with Gasteiger partial charge in [-0.15, -0.1) is 0 Å². The quantitative estimate of drug-likeness (QED) is 0.485. The van der Waals surface area contributed by atoms with Gasteiger partial charge in [-0.05, 0) is 24.1 Å². The average Bonchev–Trinajstić information content (AvgIpc) is 2.37. The summed E-state index contributed by atoms with van der Waals surface area (Å²) < 4.78 is 0. The molecular weight excluding hydrogens is 256 g/mol. The van der Waals surface area contributed by atoms with Crippen molar-refractivity contribution in [1.82, 2.24) is 0 Å². The van der Waals surface area contributed by atoms with Gasteiger partial charge in [0, 0.05) is 6.61 Å². The highest BCUT2D eigenvalue weighted by molar-refractivity contribution is 5.95. The Balaban J connectivity index is 3.20. The molecule has 2 unspecified atom stereocenters. The third-order valence-electron chi connectivity index (χ3n) is 2.64. The second-order valence-electron chi connectivity index (χ2n) is 3.94. The van der Waals surface area contributed by atoms with E-state index in [9.17, 15) is 19.8 Å². The van der Waals surface area contributed by atoms with Crippen molar-refractivity contribution in [2.45, 2.75) is 18.6 Å². The van der Waals surface area contributed by atoms with Gasteiger partial charge in [0.25, 0.3) is 0 Å². The third-order valence-corrected chi connectivity index (χ3v) is 2.64. The highest BCUT2D eigenvalue weighted by Gasteiger charge is 2.24. The molecule has 0 aliphatic rings. The molecule has 104 valence electrons. The van der Waals surface area contributed by atoms with Gasteiger partial charge in [0.05, 0.1) is 17.2 Å². The second kappa shape index (κ2) is 6.28. The summed E-state index contributed by atoms with van der Waals surface area (Å²) in [5.74, 6) is -2.70. The van der Waals surface area contributed by atoms with Gasteiger partial charge in [-0.2, -0.15) is 0 Å². The van der Waals surface area contributed by atoms with Gasteiger partial charge >= 0.3 is 11.9 Å². The lowest BCUT2D eigenvalue weighted by atomic mass is 9.95. The van der Waals surface area contributed by atoms with Crippen molar-refractivity contribution in [3.8, 4) is 0 Å². The van der Waals surface area contributed by atoms with Crippen molar-refractivity contribution in [3.63, 3.8) is 0 Å². The zero-order chi connectivity index (χ0) is 14.6. The van der Waals surface area contributed by atoms with E-state index in [4.69, 9.17) is 15.3 Å². The Morgan fingerprint density at radius 1 is 1.11 bits per heavy atom. The first-order valence-corrected chi connectivity index (χ1v) is 5.46. The van der Waals surface area contributed by atoms with Gasteiger partial charge in [-0.25, -0.2) is 9.59 Å². The molecule has 7 nitrogen and oxygen atoms in total. The Morgan fingerprint density at radius 3 is 2.21 bits per heavy atom. The van der Waals surface area contributed by atoms with Crippen LogP contribution in [0.3, 0.4) is 0 Å². The fraction of sp³-hybridized carbons (Fsp3) is 0.333. The largest absolute Gasteiger partial charge is 0.478 e. The minimum Gasteiger partial charge on any atom is -0.478 e. The molecule has 7 heteroatoms. The maximum Gasteiger partial charge on any atom is 0.336 e. The number of rotatable bonds is 6. The van der Waals surface area contributed by atoms with Crippen molar-refractivity contribution in [2.75, 3.05) is 6.61 Å². The molecule has 1 aromatic rings. The third kappa shape index (κ3) is 3.50.